The van der Waals surface area contributed by atoms with Crippen LogP contribution in [0.4, 0.5) is 5.69 Å². The standard InChI is InChI=1S/C19H17N7O2/c1-13-10-14(6-7-17(13)26-12-21-23-24-26)22-18(27)8-9-25-11-20-16-5-3-2-4-15(16)19(25)28/h2-7,10-12H,8-9H2,1H3,(H,22,27). The first-order valence-electron chi connectivity index (χ1n) is 8.70. The van der Waals surface area contributed by atoms with Gasteiger partial charge in [0.05, 0.1) is 22.9 Å². The van der Waals surface area contributed by atoms with Crippen LogP contribution < -0.4 is 10.9 Å². The van der Waals surface area contributed by atoms with Gasteiger partial charge in [0.25, 0.3) is 5.56 Å². The molecule has 0 unspecified atom stereocenters. The molecule has 0 radical (unpaired) electrons. The zero-order valence-corrected chi connectivity index (χ0v) is 15.1. The lowest BCUT2D eigenvalue weighted by molar-refractivity contribution is -0.116. The molecule has 0 spiro atoms. The van der Waals surface area contributed by atoms with Crippen LogP contribution in [0.1, 0.15) is 12.0 Å². The van der Waals surface area contributed by atoms with Crippen LogP contribution in [-0.2, 0) is 11.3 Å². The lowest BCUT2D eigenvalue weighted by Gasteiger charge is -2.10. The normalized spacial score (nSPS) is 10.9. The molecule has 1 amide bonds. The second-order valence-electron chi connectivity index (χ2n) is 6.31. The predicted molar refractivity (Wildman–Crippen MR) is 103 cm³/mol. The molecule has 0 saturated heterocycles. The van der Waals surface area contributed by atoms with Gasteiger partial charge >= 0.3 is 0 Å². The van der Waals surface area contributed by atoms with Crippen LogP contribution in [0, 0.1) is 6.92 Å². The average Bonchev–Trinajstić information content (AvgIpc) is 3.22. The number of amides is 1. The molecule has 28 heavy (non-hydrogen) atoms. The minimum Gasteiger partial charge on any atom is -0.326 e. The van der Waals surface area contributed by atoms with Crippen molar-refractivity contribution < 1.29 is 4.79 Å². The Morgan fingerprint density at radius 1 is 1.14 bits per heavy atom. The van der Waals surface area contributed by atoms with E-state index in [1.165, 1.54) is 17.2 Å². The Kier molecular flexibility index (Phi) is 4.63. The zero-order chi connectivity index (χ0) is 19.5. The Hall–Kier alpha value is -3.88. The summed E-state index contributed by atoms with van der Waals surface area (Å²) in [6.45, 7) is 2.16. The third-order valence-electron chi connectivity index (χ3n) is 4.39. The van der Waals surface area contributed by atoms with Crippen molar-refractivity contribution in [2.75, 3.05) is 5.32 Å². The molecule has 0 atom stereocenters. The van der Waals surface area contributed by atoms with Crippen molar-refractivity contribution in [2.24, 2.45) is 0 Å². The van der Waals surface area contributed by atoms with Crippen LogP contribution in [0.15, 0.2) is 59.9 Å². The molecule has 2 heterocycles. The van der Waals surface area contributed by atoms with Gasteiger partial charge in [0.2, 0.25) is 5.91 Å². The number of nitrogens with one attached hydrogen (secondary N) is 1. The SMILES string of the molecule is Cc1cc(NC(=O)CCn2cnc3ccccc3c2=O)ccc1-n1cnnn1. The van der Waals surface area contributed by atoms with Crippen LogP contribution in [0.3, 0.4) is 0 Å². The lowest BCUT2D eigenvalue weighted by Crippen LogP contribution is -2.23. The topological polar surface area (TPSA) is 108 Å². The highest BCUT2D eigenvalue weighted by molar-refractivity contribution is 5.91. The summed E-state index contributed by atoms with van der Waals surface area (Å²) in [5, 5.41) is 14.5. The number of aryl methyl sites for hydroxylation is 2. The summed E-state index contributed by atoms with van der Waals surface area (Å²) in [5.41, 5.74) is 2.91. The quantitative estimate of drug-likeness (QED) is 0.569. The summed E-state index contributed by atoms with van der Waals surface area (Å²) in [5.74, 6) is -0.186. The summed E-state index contributed by atoms with van der Waals surface area (Å²) in [4.78, 5) is 29.0. The number of hydrogen-bond donors (Lipinski definition) is 1. The van der Waals surface area contributed by atoms with Gasteiger partial charge < -0.3 is 5.32 Å². The maximum atomic E-state index is 12.5. The number of para-hydroxylation sites is 1. The van der Waals surface area contributed by atoms with E-state index in [2.05, 4.69) is 25.8 Å². The minimum absolute atomic E-state index is 0.153. The third-order valence-corrected chi connectivity index (χ3v) is 4.39. The molecule has 9 heteroatoms. The minimum atomic E-state index is -0.186. The second-order valence-corrected chi connectivity index (χ2v) is 6.31. The molecule has 0 saturated carbocycles. The van der Waals surface area contributed by atoms with Gasteiger partial charge in [-0.25, -0.2) is 9.67 Å². The van der Waals surface area contributed by atoms with Gasteiger partial charge in [0.1, 0.15) is 6.33 Å². The van der Waals surface area contributed by atoms with Crippen LogP contribution in [0.25, 0.3) is 16.6 Å². The number of hydrogen-bond acceptors (Lipinski definition) is 6. The van der Waals surface area contributed by atoms with E-state index < -0.39 is 0 Å². The van der Waals surface area contributed by atoms with E-state index in [4.69, 9.17) is 0 Å². The second kappa shape index (κ2) is 7.39. The molecule has 0 aliphatic rings. The number of aromatic nitrogens is 6. The molecule has 4 aromatic rings. The molecule has 0 bridgehead atoms. The molecule has 1 N–H and O–H groups in total. The molecule has 140 valence electrons. The third kappa shape index (κ3) is 3.50. The predicted octanol–water partition coefficient (Wildman–Crippen LogP) is 1.71. The first-order valence-corrected chi connectivity index (χ1v) is 8.70. The Balaban J connectivity index is 1.43. The number of nitrogens with zero attached hydrogens (tertiary/aromatic N) is 6. The van der Waals surface area contributed by atoms with Crippen molar-refractivity contribution >= 4 is 22.5 Å². The van der Waals surface area contributed by atoms with Gasteiger partial charge in [-0.1, -0.05) is 12.1 Å². The Bertz CT molecular complexity index is 1200. The van der Waals surface area contributed by atoms with Crippen LogP contribution in [0.2, 0.25) is 0 Å². The van der Waals surface area contributed by atoms with Gasteiger partial charge in [-0.2, -0.15) is 0 Å². The Morgan fingerprint density at radius 3 is 2.79 bits per heavy atom. The van der Waals surface area contributed by atoms with E-state index >= 15 is 0 Å². The van der Waals surface area contributed by atoms with Crippen LogP contribution >= 0.6 is 0 Å². The Labute approximate surface area is 159 Å². The monoisotopic (exact) mass is 375 g/mol. The van der Waals surface area contributed by atoms with Crippen LogP contribution in [0.5, 0.6) is 0 Å². The maximum Gasteiger partial charge on any atom is 0.261 e. The van der Waals surface area contributed by atoms with Gasteiger partial charge in [-0.3, -0.25) is 14.2 Å². The smallest absolute Gasteiger partial charge is 0.261 e. The first-order chi connectivity index (χ1) is 13.6. The summed E-state index contributed by atoms with van der Waals surface area (Å²) in [7, 11) is 0. The molecule has 0 aliphatic heterocycles. The number of tetrazole rings is 1. The number of anilines is 1. The van der Waals surface area contributed by atoms with E-state index in [1.54, 1.807) is 28.9 Å². The largest absolute Gasteiger partial charge is 0.326 e. The summed E-state index contributed by atoms with van der Waals surface area (Å²) in [6, 6.07) is 12.6. The summed E-state index contributed by atoms with van der Waals surface area (Å²) >= 11 is 0. The molecule has 0 aliphatic carbocycles. The molecule has 9 nitrogen and oxygen atoms in total. The fraction of sp³-hybridized carbons (Fsp3) is 0.158. The zero-order valence-electron chi connectivity index (χ0n) is 15.1. The van der Waals surface area contributed by atoms with Crippen molar-refractivity contribution in [1.82, 2.24) is 29.8 Å². The lowest BCUT2D eigenvalue weighted by atomic mass is 10.1. The number of rotatable bonds is 5. The summed E-state index contributed by atoms with van der Waals surface area (Å²) in [6.07, 6.45) is 3.15. The van der Waals surface area contributed by atoms with Crippen molar-refractivity contribution in [3.8, 4) is 5.69 Å². The highest BCUT2D eigenvalue weighted by Crippen LogP contribution is 2.18. The van der Waals surface area contributed by atoms with Gasteiger partial charge in [-0.15, -0.1) is 5.10 Å². The number of fused-ring (bicyclic) bond motifs is 1. The van der Waals surface area contributed by atoms with E-state index in [0.29, 0.717) is 16.6 Å². The molecule has 0 fully saturated rings. The van der Waals surface area contributed by atoms with E-state index in [0.717, 1.165) is 11.3 Å². The molecule has 2 aromatic carbocycles. The van der Waals surface area contributed by atoms with Gasteiger partial charge in [-0.05, 0) is 53.2 Å². The number of benzene rings is 2. The molecule has 2 aromatic heterocycles. The molecular weight excluding hydrogens is 358 g/mol. The fourth-order valence-corrected chi connectivity index (χ4v) is 2.97. The van der Waals surface area contributed by atoms with E-state index in [9.17, 15) is 9.59 Å². The van der Waals surface area contributed by atoms with Gasteiger partial charge in [0, 0.05) is 18.7 Å². The highest BCUT2D eigenvalue weighted by Gasteiger charge is 2.09. The molecular formula is C19H17N7O2. The van der Waals surface area contributed by atoms with Crippen molar-refractivity contribution in [2.45, 2.75) is 19.9 Å². The first kappa shape index (κ1) is 17.5. The molecule has 4 rings (SSSR count). The maximum absolute atomic E-state index is 12.5. The van der Waals surface area contributed by atoms with Crippen molar-refractivity contribution in [3.63, 3.8) is 0 Å². The van der Waals surface area contributed by atoms with Crippen LogP contribution in [-0.4, -0.2) is 35.7 Å². The van der Waals surface area contributed by atoms with Crippen molar-refractivity contribution in [1.29, 1.82) is 0 Å². The number of carbonyl (C=O) groups excluding carboxylic acids is 1. The fourth-order valence-electron chi connectivity index (χ4n) is 2.97. The Morgan fingerprint density at radius 2 is 2.00 bits per heavy atom. The van der Waals surface area contributed by atoms with Crippen molar-refractivity contribution in [3.05, 3.63) is 71.0 Å². The van der Waals surface area contributed by atoms with E-state index in [1.807, 2.05) is 25.1 Å². The summed E-state index contributed by atoms with van der Waals surface area (Å²) < 4.78 is 3.01. The van der Waals surface area contributed by atoms with E-state index in [-0.39, 0.29) is 24.4 Å². The highest BCUT2D eigenvalue weighted by atomic mass is 16.2. The number of carbonyl (C=O) groups is 1. The average molecular weight is 375 g/mol. The van der Waals surface area contributed by atoms with Gasteiger partial charge in [0.15, 0.2) is 0 Å².